The summed E-state index contributed by atoms with van der Waals surface area (Å²) in [6.45, 7) is 4.13. The molecule has 0 saturated heterocycles. The van der Waals surface area contributed by atoms with Crippen LogP contribution in [0.25, 0.3) is 11.3 Å². The molecule has 25 heavy (non-hydrogen) atoms. The number of rotatable bonds is 3. The zero-order chi connectivity index (χ0) is 17.6. The van der Waals surface area contributed by atoms with Crippen molar-refractivity contribution in [1.29, 1.82) is 0 Å². The second kappa shape index (κ2) is 5.84. The van der Waals surface area contributed by atoms with E-state index in [4.69, 9.17) is 14.6 Å². The minimum atomic E-state index is -0.164. The highest BCUT2D eigenvalue weighted by Gasteiger charge is 2.30. The van der Waals surface area contributed by atoms with E-state index in [1.54, 1.807) is 14.2 Å². The van der Waals surface area contributed by atoms with Crippen molar-refractivity contribution in [2.45, 2.75) is 20.0 Å². The third kappa shape index (κ3) is 2.35. The largest absolute Gasteiger partial charge is 0.493 e. The van der Waals surface area contributed by atoms with Crippen molar-refractivity contribution in [3.63, 3.8) is 0 Å². The molecule has 0 radical (unpaired) electrons. The first kappa shape index (κ1) is 15.6. The maximum absolute atomic E-state index is 5.65. The van der Waals surface area contributed by atoms with E-state index in [-0.39, 0.29) is 6.17 Å². The molecule has 128 valence electrons. The van der Waals surface area contributed by atoms with Crippen LogP contribution >= 0.6 is 0 Å². The van der Waals surface area contributed by atoms with Crippen LogP contribution in [-0.4, -0.2) is 24.0 Å². The number of methoxy groups -OCH3 is 2. The zero-order valence-electron chi connectivity index (χ0n) is 14.8. The molecule has 1 aliphatic rings. The second-order valence-corrected chi connectivity index (χ2v) is 6.24. The molecule has 4 rings (SSSR count). The van der Waals surface area contributed by atoms with Crippen molar-refractivity contribution in [2.24, 2.45) is 0 Å². The van der Waals surface area contributed by atoms with Crippen LogP contribution < -0.4 is 14.8 Å². The topological polar surface area (TPSA) is 48.3 Å². The van der Waals surface area contributed by atoms with Gasteiger partial charge in [-0.1, -0.05) is 30.3 Å². The number of aryl methyl sites for hydroxylation is 2. The smallest absolute Gasteiger partial charge is 0.167 e. The van der Waals surface area contributed by atoms with Gasteiger partial charge in [0.15, 0.2) is 17.7 Å². The van der Waals surface area contributed by atoms with Gasteiger partial charge in [-0.3, -0.25) is 0 Å². The molecule has 1 unspecified atom stereocenters. The number of hydrogen-bond acceptors (Lipinski definition) is 4. The number of nitrogens with zero attached hydrogens (tertiary/aromatic N) is 2. The highest BCUT2D eigenvalue weighted by atomic mass is 16.5. The Labute approximate surface area is 147 Å². The molecule has 0 bridgehead atoms. The number of aromatic nitrogens is 2. The first-order valence-electron chi connectivity index (χ1n) is 8.27. The number of hydrogen-bond donors (Lipinski definition) is 1. The highest BCUT2D eigenvalue weighted by Crippen LogP contribution is 2.43. The van der Waals surface area contributed by atoms with Crippen LogP contribution in [0.2, 0.25) is 0 Å². The monoisotopic (exact) mass is 335 g/mol. The molecule has 0 saturated carbocycles. The molecule has 2 heterocycles. The molecule has 0 amide bonds. The number of ether oxygens (including phenoxy) is 2. The summed E-state index contributed by atoms with van der Waals surface area (Å²) in [4.78, 5) is 0. The first-order chi connectivity index (χ1) is 12.1. The summed E-state index contributed by atoms with van der Waals surface area (Å²) in [5, 5.41) is 8.37. The van der Waals surface area contributed by atoms with E-state index in [0.717, 1.165) is 28.4 Å². The molecule has 3 aromatic rings. The van der Waals surface area contributed by atoms with E-state index in [2.05, 4.69) is 36.5 Å². The van der Waals surface area contributed by atoms with Gasteiger partial charge >= 0.3 is 0 Å². The lowest BCUT2D eigenvalue weighted by molar-refractivity contribution is 0.347. The van der Waals surface area contributed by atoms with E-state index in [1.807, 2.05) is 29.8 Å². The molecule has 0 spiro atoms. The standard InChI is InChI=1S/C20H21N3O2/c1-12-7-5-8-14-16-11-13(2)22-23(16)20(21-18(12)14)15-9-6-10-17(24-3)19(15)25-4/h5-11,20-21H,1-4H3. The summed E-state index contributed by atoms with van der Waals surface area (Å²) in [5.74, 6) is 1.43. The number of benzene rings is 2. The van der Waals surface area contributed by atoms with Crippen LogP contribution in [-0.2, 0) is 0 Å². The Morgan fingerprint density at radius 3 is 2.60 bits per heavy atom. The average Bonchev–Trinajstić information content (AvgIpc) is 3.02. The Balaban J connectivity index is 1.95. The van der Waals surface area contributed by atoms with Gasteiger partial charge in [0.05, 0.1) is 25.6 Å². The van der Waals surface area contributed by atoms with Crippen molar-refractivity contribution in [2.75, 3.05) is 19.5 Å². The minimum absolute atomic E-state index is 0.164. The fourth-order valence-electron chi connectivity index (χ4n) is 3.52. The van der Waals surface area contributed by atoms with Gasteiger partial charge in [-0.05, 0) is 31.5 Å². The van der Waals surface area contributed by atoms with E-state index >= 15 is 0 Å². The summed E-state index contributed by atoms with van der Waals surface area (Å²) in [6, 6.07) is 14.4. The van der Waals surface area contributed by atoms with E-state index in [1.165, 1.54) is 11.1 Å². The molecule has 1 N–H and O–H groups in total. The van der Waals surface area contributed by atoms with Gasteiger partial charge in [-0.25, -0.2) is 4.68 Å². The number of para-hydroxylation sites is 2. The molecule has 0 aliphatic carbocycles. The van der Waals surface area contributed by atoms with Crippen molar-refractivity contribution >= 4 is 5.69 Å². The summed E-state index contributed by atoms with van der Waals surface area (Å²) >= 11 is 0. The summed E-state index contributed by atoms with van der Waals surface area (Å²) in [7, 11) is 3.32. The molecule has 2 aromatic carbocycles. The molecular formula is C20H21N3O2. The van der Waals surface area contributed by atoms with E-state index in [9.17, 15) is 0 Å². The van der Waals surface area contributed by atoms with Gasteiger partial charge < -0.3 is 14.8 Å². The number of anilines is 1. The van der Waals surface area contributed by atoms with E-state index in [0.29, 0.717) is 5.75 Å². The lowest BCUT2D eigenvalue weighted by Crippen LogP contribution is -2.26. The Bertz CT molecular complexity index is 946. The minimum Gasteiger partial charge on any atom is -0.493 e. The Kier molecular flexibility index (Phi) is 3.64. The fourth-order valence-corrected chi connectivity index (χ4v) is 3.52. The Hall–Kier alpha value is -2.95. The van der Waals surface area contributed by atoms with Gasteiger partial charge in [0, 0.05) is 16.8 Å². The summed E-state index contributed by atoms with van der Waals surface area (Å²) in [6.07, 6.45) is -0.164. The maximum atomic E-state index is 5.65. The predicted octanol–water partition coefficient (Wildman–Crippen LogP) is 4.16. The van der Waals surface area contributed by atoms with Crippen molar-refractivity contribution in [1.82, 2.24) is 9.78 Å². The SMILES string of the molecule is COc1cccc(C2Nc3c(C)cccc3-c3cc(C)nn32)c1OC. The second-order valence-electron chi connectivity index (χ2n) is 6.24. The van der Waals surface area contributed by atoms with Gasteiger partial charge in [-0.15, -0.1) is 0 Å². The normalized spacial score (nSPS) is 15.1. The first-order valence-corrected chi connectivity index (χ1v) is 8.27. The molecule has 1 aliphatic heterocycles. The Morgan fingerprint density at radius 2 is 1.84 bits per heavy atom. The van der Waals surface area contributed by atoms with Crippen LogP contribution in [0.15, 0.2) is 42.5 Å². The fraction of sp³-hybridized carbons (Fsp3) is 0.250. The summed E-state index contributed by atoms with van der Waals surface area (Å²) in [5.41, 5.74) is 6.57. The lowest BCUT2D eigenvalue weighted by Gasteiger charge is -2.31. The van der Waals surface area contributed by atoms with Gasteiger partial charge in [0.2, 0.25) is 0 Å². The lowest BCUT2D eigenvalue weighted by atomic mass is 10.00. The van der Waals surface area contributed by atoms with Crippen LogP contribution in [0.5, 0.6) is 11.5 Å². The molecule has 1 aromatic heterocycles. The van der Waals surface area contributed by atoms with Crippen LogP contribution in [0.3, 0.4) is 0 Å². The predicted molar refractivity (Wildman–Crippen MR) is 98.4 cm³/mol. The van der Waals surface area contributed by atoms with Crippen LogP contribution in [0.4, 0.5) is 5.69 Å². The molecule has 0 fully saturated rings. The maximum Gasteiger partial charge on any atom is 0.167 e. The van der Waals surface area contributed by atoms with E-state index < -0.39 is 0 Å². The molecule has 5 nitrogen and oxygen atoms in total. The molecular weight excluding hydrogens is 314 g/mol. The molecule has 1 atom stereocenters. The number of nitrogens with one attached hydrogen (secondary N) is 1. The van der Waals surface area contributed by atoms with Gasteiger partial charge in [0.25, 0.3) is 0 Å². The van der Waals surface area contributed by atoms with Gasteiger partial charge in [0.1, 0.15) is 0 Å². The third-order valence-corrected chi connectivity index (χ3v) is 4.66. The molecule has 5 heteroatoms. The number of fused-ring (bicyclic) bond motifs is 3. The summed E-state index contributed by atoms with van der Waals surface area (Å²) < 4.78 is 13.1. The van der Waals surface area contributed by atoms with Crippen molar-refractivity contribution < 1.29 is 9.47 Å². The van der Waals surface area contributed by atoms with Crippen LogP contribution in [0, 0.1) is 13.8 Å². The average molecular weight is 335 g/mol. The Morgan fingerprint density at radius 1 is 1.04 bits per heavy atom. The quantitative estimate of drug-likeness (QED) is 0.781. The van der Waals surface area contributed by atoms with Crippen molar-refractivity contribution in [3.8, 4) is 22.8 Å². The highest BCUT2D eigenvalue weighted by molar-refractivity contribution is 5.81. The zero-order valence-corrected chi connectivity index (χ0v) is 14.8. The van der Waals surface area contributed by atoms with Crippen LogP contribution in [0.1, 0.15) is 23.0 Å². The van der Waals surface area contributed by atoms with Gasteiger partial charge in [-0.2, -0.15) is 5.10 Å². The van der Waals surface area contributed by atoms with Crippen molar-refractivity contribution in [3.05, 3.63) is 59.3 Å². The third-order valence-electron chi connectivity index (χ3n) is 4.66.